The Balaban J connectivity index is 3.23. The van der Waals surface area contributed by atoms with Gasteiger partial charge in [0.15, 0.2) is 0 Å². The molecule has 7 heteroatoms. The summed E-state index contributed by atoms with van der Waals surface area (Å²) in [5.41, 5.74) is 0.650. The molecule has 0 aliphatic carbocycles. The molecule has 0 aromatic heterocycles. The second kappa shape index (κ2) is 8.70. The van der Waals surface area contributed by atoms with Crippen LogP contribution in [0.1, 0.15) is 32.3 Å². The average Bonchev–Trinajstić information content (AvgIpc) is 2.53. The lowest BCUT2D eigenvalue weighted by Crippen LogP contribution is -2.55. The third kappa shape index (κ3) is 5.25. The molecular weight excluding hydrogens is 323 g/mol. The first-order valence-electron chi connectivity index (χ1n) is 7.73. The van der Waals surface area contributed by atoms with Crippen molar-refractivity contribution in [3.63, 3.8) is 0 Å². The highest BCUT2D eigenvalue weighted by atomic mass is 19.4. The minimum atomic E-state index is -5.05. The number of carbonyl (C=O) groups excluding carboxylic acids is 2. The first-order valence-corrected chi connectivity index (χ1v) is 7.73. The summed E-state index contributed by atoms with van der Waals surface area (Å²) >= 11 is 0. The molecule has 2 atom stereocenters. The van der Waals surface area contributed by atoms with Crippen LogP contribution in [0.25, 0.3) is 0 Å². The molecule has 0 aliphatic rings. The summed E-state index contributed by atoms with van der Waals surface area (Å²) in [5.74, 6) is -2.88. The molecule has 1 aromatic rings. The molecule has 0 N–H and O–H groups in total. The van der Waals surface area contributed by atoms with Gasteiger partial charge < -0.3 is 9.64 Å². The predicted octanol–water partition coefficient (Wildman–Crippen LogP) is 3.35. The summed E-state index contributed by atoms with van der Waals surface area (Å²) in [4.78, 5) is 24.7. The SMILES string of the molecule is CCCC(C)N(C(=O)C(F)(F)F)C(Cc1ccccc1)C(=O)OC. The Bertz CT molecular complexity index is 546. The van der Waals surface area contributed by atoms with Gasteiger partial charge in [0.25, 0.3) is 0 Å². The van der Waals surface area contributed by atoms with E-state index >= 15 is 0 Å². The van der Waals surface area contributed by atoms with Crippen LogP contribution in [-0.2, 0) is 20.7 Å². The Labute approximate surface area is 139 Å². The summed E-state index contributed by atoms with van der Waals surface area (Å²) in [5, 5.41) is 0. The van der Waals surface area contributed by atoms with Crippen LogP contribution in [0.15, 0.2) is 30.3 Å². The molecule has 0 fully saturated rings. The highest BCUT2D eigenvalue weighted by molar-refractivity contribution is 5.88. The fraction of sp³-hybridized carbons (Fsp3) is 0.529. The van der Waals surface area contributed by atoms with Crippen molar-refractivity contribution < 1.29 is 27.5 Å². The molecule has 0 spiro atoms. The van der Waals surface area contributed by atoms with Crippen LogP contribution in [0.2, 0.25) is 0 Å². The smallest absolute Gasteiger partial charge is 0.467 e. The largest absolute Gasteiger partial charge is 0.471 e. The molecule has 24 heavy (non-hydrogen) atoms. The zero-order valence-electron chi connectivity index (χ0n) is 14.0. The quantitative estimate of drug-likeness (QED) is 0.712. The maximum Gasteiger partial charge on any atom is 0.471 e. The average molecular weight is 345 g/mol. The minimum Gasteiger partial charge on any atom is -0.467 e. The van der Waals surface area contributed by atoms with Crippen molar-refractivity contribution in [1.29, 1.82) is 0 Å². The molecule has 0 saturated carbocycles. The zero-order valence-corrected chi connectivity index (χ0v) is 14.0. The molecule has 1 amide bonds. The van der Waals surface area contributed by atoms with E-state index in [1.165, 1.54) is 6.92 Å². The number of amides is 1. The molecule has 1 rings (SSSR count). The van der Waals surface area contributed by atoms with Gasteiger partial charge in [-0.05, 0) is 18.9 Å². The van der Waals surface area contributed by atoms with E-state index in [-0.39, 0.29) is 6.42 Å². The van der Waals surface area contributed by atoms with Gasteiger partial charge in [-0.1, -0.05) is 43.7 Å². The molecule has 0 aliphatic heterocycles. The van der Waals surface area contributed by atoms with Crippen molar-refractivity contribution in [1.82, 2.24) is 4.90 Å². The molecule has 0 heterocycles. The second-order valence-corrected chi connectivity index (χ2v) is 5.58. The predicted molar refractivity (Wildman–Crippen MR) is 83.2 cm³/mol. The fourth-order valence-electron chi connectivity index (χ4n) is 2.62. The monoisotopic (exact) mass is 345 g/mol. The topological polar surface area (TPSA) is 46.6 Å². The normalized spacial score (nSPS) is 13.9. The number of nitrogens with zero attached hydrogens (tertiary/aromatic N) is 1. The minimum absolute atomic E-state index is 0.0383. The van der Waals surface area contributed by atoms with Gasteiger partial charge in [-0.25, -0.2) is 4.79 Å². The lowest BCUT2D eigenvalue weighted by Gasteiger charge is -2.35. The standard InChI is InChI=1S/C17H22F3NO3/c1-4-8-12(2)21(16(23)17(18,19)20)14(15(22)24-3)11-13-9-6-5-7-10-13/h5-7,9-10,12,14H,4,8,11H2,1-3H3. The van der Waals surface area contributed by atoms with E-state index in [4.69, 9.17) is 0 Å². The van der Waals surface area contributed by atoms with Crippen LogP contribution in [0.4, 0.5) is 13.2 Å². The number of halogens is 3. The number of hydrogen-bond acceptors (Lipinski definition) is 3. The van der Waals surface area contributed by atoms with Crippen molar-refractivity contribution in [3.05, 3.63) is 35.9 Å². The Hall–Kier alpha value is -2.05. The Morgan fingerprint density at radius 3 is 2.25 bits per heavy atom. The van der Waals surface area contributed by atoms with Crippen molar-refractivity contribution in [2.75, 3.05) is 7.11 Å². The lowest BCUT2D eigenvalue weighted by atomic mass is 10.0. The molecule has 0 saturated heterocycles. The van der Waals surface area contributed by atoms with Gasteiger partial charge >= 0.3 is 18.1 Å². The molecule has 2 unspecified atom stereocenters. The third-order valence-electron chi connectivity index (χ3n) is 3.74. The van der Waals surface area contributed by atoms with Crippen molar-refractivity contribution in [2.45, 2.75) is 51.4 Å². The summed E-state index contributed by atoms with van der Waals surface area (Å²) in [6, 6.07) is 6.51. The number of ether oxygens (including phenoxy) is 1. The van der Waals surface area contributed by atoms with Gasteiger partial charge in [0.1, 0.15) is 6.04 Å². The van der Waals surface area contributed by atoms with Crippen molar-refractivity contribution in [2.24, 2.45) is 0 Å². The molecule has 1 aromatic carbocycles. The van der Waals surface area contributed by atoms with Gasteiger partial charge in [0.2, 0.25) is 0 Å². The highest BCUT2D eigenvalue weighted by Crippen LogP contribution is 2.25. The first-order chi connectivity index (χ1) is 11.2. The summed E-state index contributed by atoms with van der Waals surface area (Å²) < 4.78 is 43.7. The fourth-order valence-corrected chi connectivity index (χ4v) is 2.62. The number of benzene rings is 1. The Morgan fingerprint density at radius 1 is 1.21 bits per heavy atom. The van der Waals surface area contributed by atoms with Crippen LogP contribution >= 0.6 is 0 Å². The van der Waals surface area contributed by atoms with Crippen LogP contribution < -0.4 is 0 Å². The van der Waals surface area contributed by atoms with E-state index in [0.717, 1.165) is 7.11 Å². The van der Waals surface area contributed by atoms with Gasteiger partial charge in [-0.2, -0.15) is 13.2 Å². The van der Waals surface area contributed by atoms with E-state index in [1.807, 2.05) is 0 Å². The van der Waals surface area contributed by atoms with Crippen LogP contribution in [0, 0.1) is 0 Å². The van der Waals surface area contributed by atoms with Gasteiger partial charge in [-0.15, -0.1) is 0 Å². The van der Waals surface area contributed by atoms with Crippen LogP contribution in [0.5, 0.6) is 0 Å². The summed E-state index contributed by atoms with van der Waals surface area (Å²) in [6.07, 6.45) is -4.15. The van der Waals surface area contributed by atoms with Gasteiger partial charge in [0.05, 0.1) is 7.11 Å². The Kier molecular flexibility index (Phi) is 7.25. The number of methoxy groups -OCH3 is 1. The maximum atomic E-state index is 13.0. The Morgan fingerprint density at radius 2 is 1.79 bits per heavy atom. The van der Waals surface area contributed by atoms with Gasteiger partial charge in [0, 0.05) is 12.5 Å². The number of alkyl halides is 3. The second-order valence-electron chi connectivity index (χ2n) is 5.58. The van der Waals surface area contributed by atoms with Crippen molar-refractivity contribution in [3.8, 4) is 0 Å². The van der Waals surface area contributed by atoms with E-state index in [9.17, 15) is 22.8 Å². The molecular formula is C17H22F3NO3. The maximum absolute atomic E-state index is 13.0. The molecule has 134 valence electrons. The van der Waals surface area contributed by atoms with E-state index in [0.29, 0.717) is 23.3 Å². The van der Waals surface area contributed by atoms with E-state index in [1.54, 1.807) is 37.3 Å². The van der Waals surface area contributed by atoms with E-state index < -0.39 is 30.1 Å². The molecule has 0 radical (unpaired) electrons. The third-order valence-corrected chi connectivity index (χ3v) is 3.74. The summed E-state index contributed by atoms with van der Waals surface area (Å²) in [6.45, 7) is 3.31. The molecule has 4 nitrogen and oxygen atoms in total. The van der Waals surface area contributed by atoms with E-state index in [2.05, 4.69) is 4.74 Å². The summed E-state index contributed by atoms with van der Waals surface area (Å²) in [7, 11) is 1.10. The highest BCUT2D eigenvalue weighted by Gasteiger charge is 2.47. The first kappa shape index (κ1) is 20.0. The van der Waals surface area contributed by atoms with Crippen LogP contribution in [0.3, 0.4) is 0 Å². The molecule has 0 bridgehead atoms. The van der Waals surface area contributed by atoms with Crippen molar-refractivity contribution >= 4 is 11.9 Å². The van der Waals surface area contributed by atoms with Crippen LogP contribution in [-0.4, -0.2) is 42.1 Å². The number of esters is 1. The number of hydrogen-bond donors (Lipinski definition) is 0. The lowest BCUT2D eigenvalue weighted by molar-refractivity contribution is -0.192. The zero-order chi connectivity index (χ0) is 18.3. The number of carbonyl (C=O) groups is 2. The number of rotatable bonds is 7. The van der Waals surface area contributed by atoms with Gasteiger partial charge in [-0.3, -0.25) is 4.79 Å².